The number of benzene rings is 2. The third-order valence-electron chi connectivity index (χ3n) is 4.17. The largest absolute Gasteiger partial charge is 0.496 e. The van der Waals surface area contributed by atoms with E-state index < -0.39 is 0 Å². The van der Waals surface area contributed by atoms with E-state index in [9.17, 15) is 0 Å². The maximum Gasteiger partial charge on any atom is 0.197 e. The molecule has 4 rings (SSSR count). The first-order chi connectivity index (χ1) is 12.7. The number of halogens is 1. The van der Waals surface area contributed by atoms with E-state index in [4.69, 9.17) is 26.1 Å². The fourth-order valence-corrected chi connectivity index (χ4v) is 4.31. The van der Waals surface area contributed by atoms with Crippen LogP contribution in [0.1, 0.15) is 0 Å². The third kappa shape index (κ3) is 2.90. The van der Waals surface area contributed by atoms with Gasteiger partial charge in [-0.2, -0.15) is 0 Å². The zero-order valence-corrected chi connectivity index (χ0v) is 16.0. The number of para-hydroxylation sites is 1. The first-order valence-electron chi connectivity index (χ1n) is 8.19. The van der Waals surface area contributed by atoms with Crippen LogP contribution in [0, 0.1) is 0 Å². The highest BCUT2D eigenvalue weighted by Crippen LogP contribution is 2.39. The van der Waals surface area contributed by atoms with E-state index in [0.29, 0.717) is 13.2 Å². The van der Waals surface area contributed by atoms with Crippen molar-refractivity contribution >= 4 is 43.9 Å². The van der Waals surface area contributed by atoms with Crippen molar-refractivity contribution < 1.29 is 9.47 Å². The molecule has 2 aromatic heterocycles. The molecule has 0 fully saturated rings. The molecule has 0 radical (unpaired) electrons. The van der Waals surface area contributed by atoms with Crippen molar-refractivity contribution in [2.24, 2.45) is 0 Å². The molecule has 134 valence electrons. The van der Waals surface area contributed by atoms with Crippen LogP contribution in [0.5, 0.6) is 5.75 Å². The van der Waals surface area contributed by atoms with Gasteiger partial charge < -0.3 is 14.8 Å². The Balaban J connectivity index is 1.95. The molecule has 26 heavy (non-hydrogen) atoms. The summed E-state index contributed by atoms with van der Waals surface area (Å²) in [7, 11) is 3.36. The van der Waals surface area contributed by atoms with Gasteiger partial charge in [0.25, 0.3) is 0 Å². The van der Waals surface area contributed by atoms with E-state index in [0.717, 1.165) is 43.0 Å². The number of thiazole rings is 1. The van der Waals surface area contributed by atoms with Gasteiger partial charge in [-0.3, -0.25) is 4.40 Å². The van der Waals surface area contributed by atoms with Crippen LogP contribution in [0.2, 0.25) is 5.02 Å². The summed E-state index contributed by atoms with van der Waals surface area (Å²) in [5.41, 5.74) is 2.89. The molecule has 5 nitrogen and oxygen atoms in total. The summed E-state index contributed by atoms with van der Waals surface area (Å²) >= 11 is 7.76. The van der Waals surface area contributed by atoms with E-state index in [-0.39, 0.29) is 0 Å². The highest BCUT2D eigenvalue weighted by Gasteiger charge is 2.20. The Kier molecular flexibility index (Phi) is 4.72. The van der Waals surface area contributed by atoms with Crippen LogP contribution in [-0.4, -0.2) is 36.8 Å². The van der Waals surface area contributed by atoms with E-state index in [2.05, 4.69) is 9.72 Å². The number of hydrogen-bond acceptors (Lipinski definition) is 5. The lowest BCUT2D eigenvalue weighted by Gasteiger charge is -2.11. The van der Waals surface area contributed by atoms with Crippen molar-refractivity contribution in [3.05, 3.63) is 47.5 Å². The highest BCUT2D eigenvalue weighted by molar-refractivity contribution is 7.23. The van der Waals surface area contributed by atoms with Crippen LogP contribution >= 0.6 is 22.9 Å². The van der Waals surface area contributed by atoms with Crippen LogP contribution in [0.3, 0.4) is 0 Å². The van der Waals surface area contributed by atoms with Crippen molar-refractivity contribution in [3.8, 4) is 17.0 Å². The summed E-state index contributed by atoms with van der Waals surface area (Å²) in [5, 5.41) is 4.20. The van der Waals surface area contributed by atoms with Crippen molar-refractivity contribution in [1.82, 2.24) is 9.38 Å². The molecule has 0 spiro atoms. The minimum absolute atomic E-state index is 0.604. The fraction of sp³-hybridized carbons (Fsp3) is 0.211. The number of imidazole rings is 1. The average Bonchev–Trinajstić information content (AvgIpc) is 3.17. The normalized spacial score (nSPS) is 11.3. The van der Waals surface area contributed by atoms with Crippen LogP contribution < -0.4 is 10.1 Å². The van der Waals surface area contributed by atoms with Crippen LogP contribution in [-0.2, 0) is 4.74 Å². The molecule has 0 atom stereocenters. The molecular weight excluding hydrogens is 370 g/mol. The molecule has 0 bridgehead atoms. The quantitative estimate of drug-likeness (QED) is 0.476. The van der Waals surface area contributed by atoms with E-state index in [1.165, 1.54) is 0 Å². The number of anilines is 1. The molecule has 0 aliphatic heterocycles. The minimum Gasteiger partial charge on any atom is -0.496 e. The van der Waals surface area contributed by atoms with Gasteiger partial charge in [-0.25, -0.2) is 4.98 Å². The van der Waals surface area contributed by atoms with E-state index in [1.807, 2.05) is 42.5 Å². The molecule has 2 aromatic carbocycles. The second-order valence-corrected chi connectivity index (χ2v) is 7.21. The Bertz CT molecular complexity index is 1070. The molecule has 0 saturated heterocycles. The van der Waals surface area contributed by atoms with Crippen LogP contribution in [0.4, 0.5) is 5.82 Å². The topological polar surface area (TPSA) is 47.8 Å². The number of aromatic nitrogens is 2. The zero-order valence-electron chi connectivity index (χ0n) is 14.5. The molecular formula is C19H18ClN3O2S. The van der Waals surface area contributed by atoms with Crippen molar-refractivity contribution in [2.75, 3.05) is 32.7 Å². The molecule has 0 unspecified atom stereocenters. The Morgan fingerprint density at radius 3 is 2.85 bits per heavy atom. The lowest BCUT2D eigenvalue weighted by atomic mass is 10.1. The smallest absolute Gasteiger partial charge is 0.197 e. The Hall–Kier alpha value is -2.28. The van der Waals surface area contributed by atoms with Gasteiger partial charge >= 0.3 is 0 Å². The Labute approximate surface area is 160 Å². The van der Waals surface area contributed by atoms with Crippen molar-refractivity contribution in [2.45, 2.75) is 0 Å². The SMILES string of the molecule is COCCNc1c(-c2ccccc2OC)nc2sc3cc(Cl)ccc3n12. The standard InChI is InChI=1S/C19H18ClN3O2S/c1-24-10-9-21-18-17(13-5-3-4-6-15(13)25-2)22-19-23(18)14-8-7-12(20)11-16(14)26-19/h3-8,11,21H,9-10H2,1-2H3. The molecule has 0 amide bonds. The summed E-state index contributed by atoms with van der Waals surface area (Å²) in [6, 6.07) is 13.8. The maximum atomic E-state index is 6.15. The van der Waals surface area contributed by atoms with Gasteiger partial charge in [0.1, 0.15) is 17.3 Å². The molecule has 0 aliphatic carbocycles. The molecule has 7 heteroatoms. The maximum absolute atomic E-state index is 6.15. The number of nitrogens with zero attached hydrogens (tertiary/aromatic N) is 2. The van der Waals surface area contributed by atoms with Gasteiger partial charge in [0.2, 0.25) is 0 Å². The summed E-state index contributed by atoms with van der Waals surface area (Å²) in [4.78, 5) is 5.80. The number of hydrogen-bond donors (Lipinski definition) is 1. The zero-order chi connectivity index (χ0) is 18.1. The molecule has 2 heterocycles. The van der Waals surface area contributed by atoms with Crippen molar-refractivity contribution in [3.63, 3.8) is 0 Å². The summed E-state index contributed by atoms with van der Waals surface area (Å²) in [5.74, 6) is 1.72. The first kappa shape index (κ1) is 17.1. The van der Waals surface area contributed by atoms with Gasteiger partial charge in [-0.05, 0) is 30.3 Å². The Morgan fingerprint density at radius 2 is 2.04 bits per heavy atom. The molecule has 0 saturated carbocycles. The molecule has 1 N–H and O–H groups in total. The first-order valence-corrected chi connectivity index (χ1v) is 9.39. The minimum atomic E-state index is 0.604. The lowest BCUT2D eigenvalue weighted by molar-refractivity contribution is 0.210. The summed E-state index contributed by atoms with van der Waals surface area (Å²) < 4.78 is 14.0. The second kappa shape index (κ2) is 7.15. The monoisotopic (exact) mass is 387 g/mol. The molecule has 0 aliphatic rings. The predicted molar refractivity (Wildman–Crippen MR) is 108 cm³/mol. The Morgan fingerprint density at radius 1 is 1.19 bits per heavy atom. The van der Waals surface area contributed by atoms with Crippen LogP contribution in [0.25, 0.3) is 26.4 Å². The van der Waals surface area contributed by atoms with Gasteiger partial charge in [-0.15, -0.1) is 0 Å². The number of rotatable bonds is 6. The summed E-state index contributed by atoms with van der Waals surface area (Å²) in [6.07, 6.45) is 0. The van der Waals surface area contributed by atoms with Crippen LogP contribution in [0.15, 0.2) is 42.5 Å². The third-order valence-corrected chi connectivity index (χ3v) is 5.41. The fourth-order valence-electron chi connectivity index (χ4n) is 3.01. The average molecular weight is 388 g/mol. The van der Waals surface area contributed by atoms with Gasteiger partial charge in [0, 0.05) is 24.2 Å². The number of fused-ring (bicyclic) bond motifs is 3. The summed E-state index contributed by atoms with van der Waals surface area (Å²) in [6.45, 7) is 1.28. The van der Waals surface area contributed by atoms with Gasteiger partial charge in [0.15, 0.2) is 4.96 Å². The van der Waals surface area contributed by atoms with Gasteiger partial charge in [-0.1, -0.05) is 35.1 Å². The number of nitrogens with one attached hydrogen (secondary N) is 1. The van der Waals surface area contributed by atoms with Gasteiger partial charge in [0.05, 0.1) is 23.9 Å². The van der Waals surface area contributed by atoms with E-state index >= 15 is 0 Å². The van der Waals surface area contributed by atoms with Crippen molar-refractivity contribution in [1.29, 1.82) is 0 Å². The predicted octanol–water partition coefficient (Wildman–Crippen LogP) is 4.94. The van der Waals surface area contributed by atoms with E-state index in [1.54, 1.807) is 25.6 Å². The highest BCUT2D eigenvalue weighted by atomic mass is 35.5. The number of ether oxygens (including phenoxy) is 2. The lowest BCUT2D eigenvalue weighted by Crippen LogP contribution is -2.10. The molecule has 4 aromatic rings. The number of methoxy groups -OCH3 is 2. The second-order valence-electron chi connectivity index (χ2n) is 5.76.